The summed E-state index contributed by atoms with van der Waals surface area (Å²) in [6.07, 6.45) is 9.91. The van der Waals surface area contributed by atoms with Gasteiger partial charge in [0, 0.05) is 73.2 Å². The number of hydrogen-bond donors (Lipinski definition) is 0. The lowest BCUT2D eigenvalue weighted by Crippen LogP contribution is -2.43. The Morgan fingerprint density at radius 1 is 0.730 bits per heavy atom. The van der Waals surface area contributed by atoms with Crippen LogP contribution >= 0.6 is 12.0 Å². The Labute approximate surface area is 438 Å². The largest absolute Gasteiger partial charge is 0.748 e. The molecule has 0 amide bonds. The standard InChI is InChI=1S/C53H64N4O13S4/c1-9-68-36(4)54-28-30-55(31-29-54)51-37(14-22-47-52(5,6)49-43-18-16-41(71-70-69-58)32-39(43)12-20-45(49)56(47)26-24-34(2)72(59,60)61)10-11-38(51)15-23-48-53(7,8)50-44-19-17-42(74(65,66)67)33-40(44)13-21-46(50)57(48)27-25-35(3)73(62,63)64/h12-23,32-35H,4,9-11,24-31H2,1-3,5-8H3,(H3-,58,59,60,61,62,63,64,65,66,67)/p-3. The van der Waals surface area contributed by atoms with Crippen LogP contribution in [0.25, 0.3) is 21.5 Å². The van der Waals surface area contributed by atoms with Gasteiger partial charge < -0.3 is 38.4 Å². The van der Waals surface area contributed by atoms with Crippen LogP contribution in [-0.2, 0) is 55.3 Å². The fourth-order valence-electron chi connectivity index (χ4n) is 11.0. The molecule has 0 aromatic heterocycles. The van der Waals surface area contributed by atoms with Crippen LogP contribution in [0.2, 0.25) is 0 Å². The first-order chi connectivity index (χ1) is 34.8. The second kappa shape index (κ2) is 21.2. The third-order valence-electron chi connectivity index (χ3n) is 15.0. The minimum atomic E-state index is -4.73. The number of anilines is 2. The summed E-state index contributed by atoms with van der Waals surface area (Å²) >= 11 is 0.797. The summed E-state index contributed by atoms with van der Waals surface area (Å²) in [4.78, 5) is 6.58. The number of nitrogens with zero attached hydrogens (tertiary/aromatic N) is 4. The number of rotatable bonds is 17. The van der Waals surface area contributed by atoms with E-state index in [1.165, 1.54) is 26.0 Å². The zero-order valence-corrected chi connectivity index (χ0v) is 45.7. The molecular weight excluding hydrogens is 1030 g/mol. The molecule has 2 atom stereocenters. The quantitative estimate of drug-likeness (QED) is 0.0251. The Morgan fingerprint density at radius 2 is 1.22 bits per heavy atom. The summed E-state index contributed by atoms with van der Waals surface area (Å²) in [5.41, 5.74) is 7.11. The van der Waals surface area contributed by atoms with E-state index in [-0.39, 0.29) is 30.8 Å². The number of ether oxygens (including phenoxy) is 1. The van der Waals surface area contributed by atoms with Gasteiger partial charge in [0.1, 0.15) is 10.1 Å². The fourth-order valence-corrected chi connectivity index (χ4v) is 12.7. The van der Waals surface area contributed by atoms with Gasteiger partial charge in [-0.15, -0.1) is 0 Å². The van der Waals surface area contributed by atoms with Crippen molar-refractivity contribution in [2.45, 2.75) is 105 Å². The Bertz CT molecular complexity index is 3410. The summed E-state index contributed by atoms with van der Waals surface area (Å²) in [6, 6.07) is 17.5. The van der Waals surface area contributed by atoms with Crippen LogP contribution in [0, 0.1) is 0 Å². The van der Waals surface area contributed by atoms with E-state index in [0.717, 1.165) is 79.0 Å². The molecule has 398 valence electrons. The van der Waals surface area contributed by atoms with Crippen molar-refractivity contribution in [2.24, 2.45) is 0 Å². The molecule has 3 aliphatic heterocycles. The Kier molecular flexibility index (Phi) is 15.8. The Hall–Kier alpha value is -5.07. The molecule has 21 heteroatoms. The first-order valence-corrected chi connectivity index (χ1v) is 29.6. The van der Waals surface area contributed by atoms with Gasteiger partial charge in [-0.2, -0.15) is 4.33 Å². The van der Waals surface area contributed by atoms with E-state index >= 15 is 0 Å². The molecule has 4 aromatic rings. The highest BCUT2D eigenvalue weighted by atomic mass is 32.2. The molecule has 4 aliphatic rings. The molecule has 0 spiro atoms. The van der Waals surface area contributed by atoms with Gasteiger partial charge in [0.05, 0.1) is 56.9 Å². The number of fused-ring (bicyclic) bond motifs is 6. The molecule has 3 heterocycles. The normalized spacial score (nSPS) is 20.9. The van der Waals surface area contributed by atoms with E-state index in [0.29, 0.717) is 61.8 Å². The zero-order valence-electron chi connectivity index (χ0n) is 42.5. The number of hydrogen-bond acceptors (Lipinski definition) is 17. The monoisotopic (exact) mass is 1090 g/mol. The minimum absolute atomic E-state index is 0.0442. The number of benzene rings is 4. The summed E-state index contributed by atoms with van der Waals surface area (Å²) in [5.74, 6) is 0.611. The van der Waals surface area contributed by atoms with Crippen LogP contribution in [0.1, 0.15) is 85.3 Å². The fraction of sp³-hybridized carbons (Fsp3) is 0.415. The molecule has 4 aromatic carbocycles. The van der Waals surface area contributed by atoms with E-state index in [9.17, 15) is 44.2 Å². The van der Waals surface area contributed by atoms with Gasteiger partial charge >= 0.3 is 0 Å². The van der Waals surface area contributed by atoms with Crippen molar-refractivity contribution in [2.75, 3.05) is 55.7 Å². The SMILES string of the molecule is C=C(OCC)N1CC[N+](=C2/C(=C/C=C3/N(CCC(C)S(=O)(=O)[O-])c4ccc5cc(SOO[O-])ccc5c4C3(C)C)CC/C2=C\C=C2\N(CCC(C)S(=O)(=O)[O-])c3ccc4cc(S(=O)(=O)[O-])ccc4c3C2(C)C)CC1. The van der Waals surface area contributed by atoms with Crippen molar-refractivity contribution in [3.05, 3.63) is 131 Å². The molecule has 1 saturated carbocycles. The zero-order chi connectivity index (χ0) is 53.7. The molecule has 0 bridgehead atoms. The van der Waals surface area contributed by atoms with Crippen molar-refractivity contribution in [3.8, 4) is 0 Å². The van der Waals surface area contributed by atoms with Crippen LogP contribution in [0.15, 0.2) is 130 Å². The average molecular weight is 1090 g/mol. The Morgan fingerprint density at radius 3 is 1.68 bits per heavy atom. The predicted octanol–water partition coefficient (Wildman–Crippen LogP) is 7.36. The third kappa shape index (κ3) is 11.0. The van der Waals surface area contributed by atoms with Gasteiger partial charge in [-0.05, 0) is 134 Å². The molecule has 74 heavy (non-hydrogen) atoms. The van der Waals surface area contributed by atoms with Gasteiger partial charge in [-0.3, -0.25) is 5.04 Å². The Balaban J connectivity index is 1.25. The minimum Gasteiger partial charge on any atom is -0.748 e. The molecule has 2 fully saturated rings. The maximum Gasteiger partial charge on any atom is 0.206 e. The molecular formula is C53H61N4O13S4-3. The molecule has 0 N–H and O–H groups in total. The van der Waals surface area contributed by atoms with Crippen molar-refractivity contribution in [3.63, 3.8) is 0 Å². The molecule has 2 unspecified atom stereocenters. The lowest BCUT2D eigenvalue weighted by molar-refractivity contribution is -0.777. The van der Waals surface area contributed by atoms with Gasteiger partial charge in [-0.25, -0.2) is 29.8 Å². The summed E-state index contributed by atoms with van der Waals surface area (Å²) < 4.78 is 122. The van der Waals surface area contributed by atoms with E-state index in [4.69, 9.17) is 4.74 Å². The van der Waals surface area contributed by atoms with Gasteiger partial charge in [0.15, 0.2) is 19.0 Å². The van der Waals surface area contributed by atoms with Gasteiger partial charge in [0.2, 0.25) is 5.71 Å². The van der Waals surface area contributed by atoms with Crippen LogP contribution < -0.4 is 15.1 Å². The highest BCUT2D eigenvalue weighted by Gasteiger charge is 2.43. The third-order valence-corrected chi connectivity index (χ3v) is 18.8. The lowest BCUT2D eigenvalue weighted by atomic mass is 9.81. The highest BCUT2D eigenvalue weighted by molar-refractivity contribution is 7.94. The van der Waals surface area contributed by atoms with Gasteiger partial charge in [-0.1, -0.05) is 64.1 Å². The summed E-state index contributed by atoms with van der Waals surface area (Å²) in [6.45, 7) is 20.8. The van der Waals surface area contributed by atoms with E-state index < -0.39 is 51.7 Å². The smallest absolute Gasteiger partial charge is 0.206 e. The highest BCUT2D eigenvalue weighted by Crippen LogP contribution is 2.53. The molecule has 1 aliphatic carbocycles. The second-order valence-electron chi connectivity index (χ2n) is 20.2. The lowest BCUT2D eigenvalue weighted by Gasteiger charge is -2.29. The topological polar surface area (TPSA) is 235 Å². The number of piperazine rings is 1. The van der Waals surface area contributed by atoms with Crippen LogP contribution in [0.4, 0.5) is 11.4 Å². The number of allylic oxidation sites excluding steroid dienone is 8. The second-order valence-corrected chi connectivity index (χ2v) is 26.0. The predicted molar refractivity (Wildman–Crippen MR) is 281 cm³/mol. The maximum atomic E-state index is 12.2. The summed E-state index contributed by atoms with van der Waals surface area (Å²) in [7, 11) is -13.9. The van der Waals surface area contributed by atoms with E-state index in [2.05, 4.69) is 68.5 Å². The molecule has 17 nitrogen and oxygen atoms in total. The van der Waals surface area contributed by atoms with Gasteiger partial charge in [0.25, 0.3) is 0 Å². The first kappa shape index (κ1) is 55.2. The first-order valence-electron chi connectivity index (χ1n) is 24.5. The van der Waals surface area contributed by atoms with Crippen molar-refractivity contribution in [1.82, 2.24) is 4.90 Å². The van der Waals surface area contributed by atoms with Crippen molar-refractivity contribution >= 4 is 81.0 Å². The van der Waals surface area contributed by atoms with E-state index in [1.54, 1.807) is 12.1 Å². The molecule has 1 saturated heterocycles. The molecule has 8 rings (SSSR count). The van der Waals surface area contributed by atoms with Crippen LogP contribution in [-0.4, -0.2) is 110 Å². The average Bonchev–Trinajstić information content (AvgIpc) is 3.92. The molecule has 0 radical (unpaired) electrons. The van der Waals surface area contributed by atoms with E-state index in [1.807, 2.05) is 62.1 Å². The van der Waals surface area contributed by atoms with Crippen molar-refractivity contribution in [1.29, 1.82) is 0 Å². The van der Waals surface area contributed by atoms with Crippen LogP contribution in [0.3, 0.4) is 0 Å². The summed E-state index contributed by atoms with van der Waals surface area (Å²) in [5, 5.41) is 15.0. The maximum absolute atomic E-state index is 12.2. The van der Waals surface area contributed by atoms with Crippen molar-refractivity contribution < 1.29 is 62.9 Å². The van der Waals surface area contributed by atoms with Crippen LogP contribution in [0.5, 0.6) is 0 Å².